The van der Waals surface area contributed by atoms with Crippen LogP contribution in [-0.2, 0) is 14.4 Å². The summed E-state index contributed by atoms with van der Waals surface area (Å²) in [6.07, 6.45) is 10.1. The molecule has 3 rings (SSSR count). The van der Waals surface area contributed by atoms with Crippen LogP contribution in [0.25, 0.3) is 0 Å². The maximum Gasteiger partial charge on any atom is 0.238 e. The number of allylic oxidation sites excluding steroid dienone is 1. The molecule has 24 heavy (non-hydrogen) atoms. The fourth-order valence-corrected chi connectivity index (χ4v) is 3.63. The maximum absolute atomic E-state index is 12.7. The van der Waals surface area contributed by atoms with E-state index in [1.54, 1.807) is 9.80 Å². The normalized spacial score (nSPS) is 22.6. The van der Waals surface area contributed by atoms with Crippen LogP contribution in [-0.4, -0.2) is 60.7 Å². The molecule has 0 aromatic carbocycles. The molecule has 1 saturated heterocycles. The fraction of sp³-hybridized carbons (Fsp3) is 0.722. The lowest BCUT2D eigenvalue weighted by Crippen LogP contribution is -2.53. The Balaban J connectivity index is 1.47. The topological polar surface area (TPSA) is 69.7 Å². The standard InChI is InChI=1S/C18H27N3O3/c22-14-20-10-12-21(13-11-20)17(24)18(7-8-18)16(23)19-9-6-15-4-2-1-3-5-15/h4,14H,1-3,5-13H2,(H,19,23). The van der Waals surface area contributed by atoms with E-state index in [0.717, 1.165) is 25.7 Å². The highest BCUT2D eigenvalue weighted by molar-refractivity contribution is 6.07. The highest BCUT2D eigenvalue weighted by atomic mass is 16.2. The fourth-order valence-electron chi connectivity index (χ4n) is 3.63. The van der Waals surface area contributed by atoms with Crippen molar-refractivity contribution >= 4 is 18.2 Å². The molecule has 0 spiro atoms. The molecular weight excluding hydrogens is 306 g/mol. The first-order chi connectivity index (χ1) is 11.7. The van der Waals surface area contributed by atoms with E-state index < -0.39 is 5.41 Å². The number of nitrogens with zero attached hydrogens (tertiary/aromatic N) is 2. The predicted molar refractivity (Wildman–Crippen MR) is 90.1 cm³/mol. The molecular formula is C18H27N3O3. The lowest BCUT2D eigenvalue weighted by molar-refractivity contribution is -0.146. The van der Waals surface area contributed by atoms with Gasteiger partial charge in [-0.05, 0) is 44.9 Å². The Morgan fingerprint density at radius 1 is 1.17 bits per heavy atom. The van der Waals surface area contributed by atoms with Crippen molar-refractivity contribution in [3.63, 3.8) is 0 Å². The third kappa shape index (κ3) is 3.62. The number of hydrogen-bond donors (Lipinski definition) is 1. The second-order valence-electron chi connectivity index (χ2n) is 7.13. The summed E-state index contributed by atoms with van der Waals surface area (Å²) in [7, 11) is 0. The Labute approximate surface area is 143 Å². The summed E-state index contributed by atoms with van der Waals surface area (Å²) < 4.78 is 0. The number of carbonyl (C=O) groups is 3. The Bertz CT molecular complexity index is 532. The molecule has 0 atom stereocenters. The third-order valence-corrected chi connectivity index (χ3v) is 5.46. The van der Waals surface area contributed by atoms with Crippen LogP contribution >= 0.6 is 0 Å². The van der Waals surface area contributed by atoms with Gasteiger partial charge >= 0.3 is 0 Å². The molecule has 0 aromatic heterocycles. The van der Waals surface area contributed by atoms with Crippen LogP contribution in [0.2, 0.25) is 0 Å². The molecule has 2 aliphatic carbocycles. The van der Waals surface area contributed by atoms with Crippen molar-refractivity contribution in [2.24, 2.45) is 5.41 Å². The first-order valence-corrected chi connectivity index (χ1v) is 9.11. The number of rotatable bonds is 6. The van der Waals surface area contributed by atoms with Crippen LogP contribution in [0.3, 0.4) is 0 Å². The highest BCUT2D eigenvalue weighted by Crippen LogP contribution is 2.47. The van der Waals surface area contributed by atoms with E-state index in [-0.39, 0.29) is 11.8 Å². The van der Waals surface area contributed by atoms with Gasteiger partial charge in [-0.2, -0.15) is 0 Å². The average Bonchev–Trinajstić information content (AvgIpc) is 3.44. The summed E-state index contributed by atoms with van der Waals surface area (Å²) in [5.74, 6) is -0.163. The van der Waals surface area contributed by atoms with Crippen molar-refractivity contribution in [1.82, 2.24) is 15.1 Å². The van der Waals surface area contributed by atoms with Crippen molar-refractivity contribution in [1.29, 1.82) is 0 Å². The van der Waals surface area contributed by atoms with E-state index in [4.69, 9.17) is 0 Å². The minimum atomic E-state index is -0.829. The molecule has 0 bridgehead atoms. The van der Waals surface area contributed by atoms with Gasteiger partial charge in [0.25, 0.3) is 0 Å². The summed E-state index contributed by atoms with van der Waals surface area (Å²) in [6.45, 7) is 2.79. The molecule has 1 saturated carbocycles. The van der Waals surface area contributed by atoms with E-state index in [9.17, 15) is 14.4 Å². The Kier molecular flexibility index (Phi) is 5.21. The average molecular weight is 333 g/mol. The van der Waals surface area contributed by atoms with Crippen LogP contribution in [0.1, 0.15) is 44.9 Å². The van der Waals surface area contributed by atoms with Gasteiger partial charge in [0, 0.05) is 32.7 Å². The second-order valence-corrected chi connectivity index (χ2v) is 7.13. The number of amides is 3. The molecule has 3 amide bonds. The van der Waals surface area contributed by atoms with Crippen molar-refractivity contribution < 1.29 is 14.4 Å². The van der Waals surface area contributed by atoms with E-state index in [2.05, 4.69) is 11.4 Å². The van der Waals surface area contributed by atoms with Crippen LogP contribution < -0.4 is 5.32 Å². The molecule has 0 aromatic rings. The summed E-state index contributed by atoms with van der Waals surface area (Å²) >= 11 is 0. The van der Waals surface area contributed by atoms with Gasteiger partial charge in [0.2, 0.25) is 18.2 Å². The van der Waals surface area contributed by atoms with Gasteiger partial charge in [-0.1, -0.05) is 11.6 Å². The number of piperazine rings is 1. The molecule has 2 fully saturated rings. The largest absolute Gasteiger partial charge is 0.355 e. The smallest absolute Gasteiger partial charge is 0.238 e. The van der Waals surface area contributed by atoms with Gasteiger partial charge in [-0.3, -0.25) is 14.4 Å². The number of carbonyl (C=O) groups excluding carboxylic acids is 3. The molecule has 132 valence electrons. The Morgan fingerprint density at radius 2 is 1.92 bits per heavy atom. The van der Waals surface area contributed by atoms with Crippen molar-refractivity contribution in [3.05, 3.63) is 11.6 Å². The molecule has 1 N–H and O–H groups in total. The number of nitrogens with one attached hydrogen (secondary N) is 1. The molecule has 0 unspecified atom stereocenters. The first kappa shape index (κ1) is 17.0. The van der Waals surface area contributed by atoms with Crippen molar-refractivity contribution in [2.45, 2.75) is 44.9 Å². The van der Waals surface area contributed by atoms with E-state index >= 15 is 0 Å². The van der Waals surface area contributed by atoms with Crippen LogP contribution in [0, 0.1) is 5.41 Å². The Morgan fingerprint density at radius 3 is 2.50 bits per heavy atom. The molecule has 3 aliphatic rings. The van der Waals surface area contributed by atoms with E-state index in [1.807, 2.05) is 0 Å². The van der Waals surface area contributed by atoms with Gasteiger partial charge in [0.15, 0.2) is 0 Å². The third-order valence-electron chi connectivity index (χ3n) is 5.46. The summed E-state index contributed by atoms with van der Waals surface area (Å²) in [5, 5.41) is 2.98. The second kappa shape index (κ2) is 7.36. The lowest BCUT2D eigenvalue weighted by Gasteiger charge is -2.34. The summed E-state index contributed by atoms with van der Waals surface area (Å²) in [6, 6.07) is 0. The first-order valence-electron chi connectivity index (χ1n) is 9.11. The zero-order chi connectivity index (χ0) is 17.0. The molecule has 6 heteroatoms. The van der Waals surface area contributed by atoms with E-state index in [1.165, 1.54) is 18.4 Å². The summed E-state index contributed by atoms with van der Waals surface area (Å²) in [5.41, 5.74) is 0.604. The minimum Gasteiger partial charge on any atom is -0.355 e. The molecule has 6 nitrogen and oxygen atoms in total. The van der Waals surface area contributed by atoms with Crippen molar-refractivity contribution in [2.75, 3.05) is 32.7 Å². The zero-order valence-corrected chi connectivity index (χ0v) is 14.3. The van der Waals surface area contributed by atoms with E-state index in [0.29, 0.717) is 45.6 Å². The monoisotopic (exact) mass is 333 g/mol. The van der Waals surface area contributed by atoms with Crippen LogP contribution in [0.15, 0.2) is 11.6 Å². The number of hydrogen-bond acceptors (Lipinski definition) is 3. The van der Waals surface area contributed by atoms with Crippen LogP contribution in [0.5, 0.6) is 0 Å². The molecule has 1 heterocycles. The van der Waals surface area contributed by atoms with Gasteiger partial charge in [-0.15, -0.1) is 0 Å². The minimum absolute atomic E-state index is 0.0533. The van der Waals surface area contributed by atoms with Gasteiger partial charge in [-0.25, -0.2) is 0 Å². The SMILES string of the molecule is O=CN1CCN(C(=O)C2(C(=O)NCCC3=CCCCC3)CC2)CC1. The lowest BCUT2D eigenvalue weighted by atomic mass is 9.97. The molecule has 1 aliphatic heterocycles. The quantitative estimate of drug-likeness (QED) is 0.449. The van der Waals surface area contributed by atoms with Gasteiger partial charge < -0.3 is 15.1 Å². The van der Waals surface area contributed by atoms with Crippen molar-refractivity contribution in [3.8, 4) is 0 Å². The molecule has 0 radical (unpaired) electrons. The predicted octanol–water partition coefficient (Wildman–Crippen LogP) is 1.07. The maximum atomic E-state index is 12.7. The van der Waals surface area contributed by atoms with Gasteiger partial charge in [0.05, 0.1) is 0 Å². The Hall–Kier alpha value is -1.85. The van der Waals surface area contributed by atoms with Crippen LogP contribution in [0.4, 0.5) is 0 Å². The highest BCUT2D eigenvalue weighted by Gasteiger charge is 2.57. The van der Waals surface area contributed by atoms with Gasteiger partial charge in [0.1, 0.15) is 5.41 Å². The summed E-state index contributed by atoms with van der Waals surface area (Å²) in [4.78, 5) is 39.4. The zero-order valence-electron chi connectivity index (χ0n) is 14.3.